The van der Waals surface area contributed by atoms with Crippen molar-refractivity contribution in [3.05, 3.63) is 29.5 Å². The van der Waals surface area contributed by atoms with Crippen LogP contribution in [-0.2, 0) is 0 Å². The summed E-state index contributed by atoms with van der Waals surface area (Å²) in [5.41, 5.74) is 2.20. The van der Waals surface area contributed by atoms with E-state index in [1.165, 1.54) is 63.7 Å². The topological polar surface area (TPSA) is 21.1 Å². The summed E-state index contributed by atoms with van der Waals surface area (Å²) in [5.74, 6) is 0.953. The van der Waals surface area contributed by atoms with Crippen molar-refractivity contribution < 1.29 is 0 Å². The molecule has 4 heteroatoms. The highest BCUT2D eigenvalue weighted by Gasteiger charge is 2.26. The molecule has 0 bridgehead atoms. The number of halogens is 1. The summed E-state index contributed by atoms with van der Waals surface area (Å²) in [6.45, 7) is 3.71. The van der Waals surface area contributed by atoms with E-state index in [1.807, 2.05) is 12.1 Å². The van der Waals surface area contributed by atoms with Gasteiger partial charge in [-0.3, -0.25) is 0 Å². The van der Waals surface area contributed by atoms with E-state index in [2.05, 4.69) is 26.6 Å². The molecule has 0 spiro atoms. The molecule has 2 aromatic rings. The molecule has 0 radical (unpaired) electrons. The molecule has 3 nitrogen and oxygen atoms in total. The number of imidazole rings is 1. The van der Waals surface area contributed by atoms with Crippen molar-refractivity contribution in [2.75, 3.05) is 19.6 Å². The zero-order valence-electron chi connectivity index (χ0n) is 13.0. The second-order valence-electron chi connectivity index (χ2n) is 6.92. The molecule has 0 N–H and O–H groups in total. The minimum atomic E-state index is 0.500. The number of aromatic nitrogens is 2. The van der Waals surface area contributed by atoms with Crippen molar-refractivity contribution in [2.45, 2.75) is 44.6 Å². The highest BCUT2D eigenvalue weighted by atomic mass is 35.5. The normalized spacial score (nSPS) is 21.9. The molecule has 1 aromatic heterocycles. The third-order valence-electron chi connectivity index (χ3n) is 5.47. The van der Waals surface area contributed by atoms with Crippen molar-refractivity contribution in [3.8, 4) is 0 Å². The van der Waals surface area contributed by atoms with Gasteiger partial charge in [-0.15, -0.1) is 0 Å². The fourth-order valence-corrected chi connectivity index (χ4v) is 4.60. The molecule has 2 heterocycles. The van der Waals surface area contributed by atoms with E-state index in [-0.39, 0.29) is 0 Å². The maximum absolute atomic E-state index is 6.41. The van der Waals surface area contributed by atoms with Gasteiger partial charge in [0.25, 0.3) is 0 Å². The summed E-state index contributed by atoms with van der Waals surface area (Å²) in [5, 5.41) is 0.649. The molecular weight excluding hydrogens is 294 g/mol. The van der Waals surface area contributed by atoms with E-state index in [0.29, 0.717) is 11.3 Å². The average Bonchev–Trinajstić information content (AvgIpc) is 3.15. The average molecular weight is 318 g/mol. The van der Waals surface area contributed by atoms with Crippen LogP contribution in [0.1, 0.15) is 44.6 Å². The van der Waals surface area contributed by atoms with E-state index >= 15 is 0 Å². The monoisotopic (exact) mass is 317 g/mol. The molecule has 4 rings (SSSR count). The van der Waals surface area contributed by atoms with Gasteiger partial charge in [-0.05, 0) is 55.3 Å². The molecule has 22 heavy (non-hydrogen) atoms. The first-order valence-corrected chi connectivity index (χ1v) is 9.04. The first-order chi connectivity index (χ1) is 10.8. The van der Waals surface area contributed by atoms with Gasteiger partial charge in [0.1, 0.15) is 0 Å². The summed E-state index contributed by atoms with van der Waals surface area (Å²) in [4.78, 5) is 7.17. The lowest BCUT2D eigenvalue weighted by atomic mass is 10.0. The predicted molar refractivity (Wildman–Crippen MR) is 91.4 cm³/mol. The van der Waals surface area contributed by atoms with Crippen LogP contribution in [0, 0.1) is 5.92 Å². The van der Waals surface area contributed by atoms with Crippen LogP contribution in [0.2, 0.25) is 5.28 Å². The number of nitrogens with zero attached hydrogens (tertiary/aromatic N) is 3. The minimum absolute atomic E-state index is 0.500. The number of fused-ring (bicyclic) bond motifs is 1. The Morgan fingerprint density at radius 1 is 1.05 bits per heavy atom. The van der Waals surface area contributed by atoms with Gasteiger partial charge in [-0.2, -0.15) is 0 Å². The summed E-state index contributed by atoms with van der Waals surface area (Å²) >= 11 is 6.41. The molecule has 1 aliphatic carbocycles. The largest absolute Gasteiger partial charge is 0.311 e. The minimum Gasteiger partial charge on any atom is -0.311 e. The van der Waals surface area contributed by atoms with Crippen LogP contribution >= 0.6 is 11.6 Å². The van der Waals surface area contributed by atoms with Gasteiger partial charge in [0, 0.05) is 25.7 Å². The summed E-state index contributed by atoms with van der Waals surface area (Å²) in [6, 6.07) is 8.79. The molecule has 2 fully saturated rings. The lowest BCUT2D eigenvalue weighted by molar-refractivity contribution is 0.165. The molecule has 1 aromatic carbocycles. The quantitative estimate of drug-likeness (QED) is 0.830. The Labute approximate surface area is 137 Å². The Hall–Kier alpha value is -1.06. The van der Waals surface area contributed by atoms with Crippen LogP contribution in [0.3, 0.4) is 0 Å². The van der Waals surface area contributed by atoms with E-state index in [9.17, 15) is 0 Å². The van der Waals surface area contributed by atoms with Crippen molar-refractivity contribution in [3.63, 3.8) is 0 Å². The van der Waals surface area contributed by atoms with Gasteiger partial charge in [0.15, 0.2) is 0 Å². The lowest BCUT2D eigenvalue weighted by Crippen LogP contribution is -2.37. The molecule has 1 aliphatic heterocycles. The zero-order chi connectivity index (χ0) is 14.9. The first-order valence-electron chi connectivity index (χ1n) is 8.66. The molecule has 0 unspecified atom stereocenters. The molecule has 1 saturated heterocycles. The number of rotatable bonds is 3. The van der Waals surface area contributed by atoms with Crippen LogP contribution in [0.25, 0.3) is 11.0 Å². The second kappa shape index (κ2) is 6.21. The van der Waals surface area contributed by atoms with Gasteiger partial charge < -0.3 is 9.47 Å². The maximum Gasteiger partial charge on any atom is 0.204 e. The Bertz CT molecular complexity index is 637. The molecule has 1 saturated carbocycles. The van der Waals surface area contributed by atoms with Crippen LogP contribution in [0.4, 0.5) is 0 Å². The fourth-order valence-electron chi connectivity index (χ4n) is 4.28. The maximum atomic E-state index is 6.41. The third-order valence-corrected chi connectivity index (χ3v) is 5.73. The smallest absolute Gasteiger partial charge is 0.204 e. The highest BCUT2D eigenvalue weighted by molar-refractivity contribution is 6.29. The number of para-hydroxylation sites is 2. The van der Waals surface area contributed by atoms with Crippen LogP contribution in [0.15, 0.2) is 24.3 Å². The Balaban J connectivity index is 1.45. The van der Waals surface area contributed by atoms with Crippen molar-refractivity contribution >= 4 is 22.6 Å². The van der Waals surface area contributed by atoms with Crippen LogP contribution in [0.5, 0.6) is 0 Å². The van der Waals surface area contributed by atoms with E-state index in [4.69, 9.17) is 11.6 Å². The number of likely N-dealkylation sites (tertiary alicyclic amines) is 1. The number of hydrogen-bond donors (Lipinski definition) is 0. The van der Waals surface area contributed by atoms with Gasteiger partial charge in [0.05, 0.1) is 11.0 Å². The third kappa shape index (κ3) is 2.77. The van der Waals surface area contributed by atoms with E-state index in [0.717, 1.165) is 11.4 Å². The fraction of sp³-hybridized carbons (Fsp3) is 0.611. The Morgan fingerprint density at radius 2 is 1.77 bits per heavy atom. The molecule has 118 valence electrons. The van der Waals surface area contributed by atoms with Crippen molar-refractivity contribution in [1.82, 2.24) is 14.5 Å². The summed E-state index contributed by atoms with van der Waals surface area (Å²) < 4.78 is 2.25. The molecule has 0 amide bonds. The van der Waals surface area contributed by atoms with Crippen LogP contribution < -0.4 is 0 Å². The number of piperidine rings is 1. The Kier molecular flexibility index (Phi) is 4.10. The standard InChI is InChI=1S/C18H24ClN3/c19-18-20-16-7-3-4-8-17(16)22(18)15-9-11-21(12-10-15)13-14-5-1-2-6-14/h3-4,7-8,14-15H,1-2,5-6,9-13H2. The van der Waals surface area contributed by atoms with Crippen molar-refractivity contribution in [1.29, 1.82) is 0 Å². The second-order valence-corrected chi connectivity index (χ2v) is 7.26. The lowest BCUT2D eigenvalue weighted by Gasteiger charge is -2.34. The van der Waals surface area contributed by atoms with Gasteiger partial charge >= 0.3 is 0 Å². The SMILES string of the molecule is Clc1nc2ccccc2n1C1CCN(CC2CCCC2)CC1. The Morgan fingerprint density at radius 3 is 2.55 bits per heavy atom. The number of hydrogen-bond acceptors (Lipinski definition) is 2. The summed E-state index contributed by atoms with van der Waals surface area (Å²) in [6.07, 6.45) is 8.14. The molecule has 0 atom stereocenters. The highest BCUT2D eigenvalue weighted by Crippen LogP contribution is 2.32. The number of benzene rings is 1. The zero-order valence-corrected chi connectivity index (χ0v) is 13.8. The van der Waals surface area contributed by atoms with Crippen LogP contribution in [-0.4, -0.2) is 34.1 Å². The van der Waals surface area contributed by atoms with Gasteiger partial charge in [0.2, 0.25) is 5.28 Å². The molecule has 2 aliphatic rings. The molecular formula is C18H24ClN3. The predicted octanol–water partition coefficient (Wildman–Crippen LogP) is 4.52. The van der Waals surface area contributed by atoms with Gasteiger partial charge in [-0.25, -0.2) is 4.98 Å². The summed E-state index contributed by atoms with van der Waals surface area (Å²) in [7, 11) is 0. The first kappa shape index (κ1) is 14.5. The van der Waals surface area contributed by atoms with E-state index < -0.39 is 0 Å². The van der Waals surface area contributed by atoms with Crippen molar-refractivity contribution in [2.24, 2.45) is 5.92 Å². The van der Waals surface area contributed by atoms with E-state index in [1.54, 1.807) is 0 Å². The van der Waals surface area contributed by atoms with Gasteiger partial charge in [-0.1, -0.05) is 25.0 Å².